The summed E-state index contributed by atoms with van der Waals surface area (Å²) < 4.78 is 38.3. The van der Waals surface area contributed by atoms with Gasteiger partial charge in [0, 0.05) is 55.0 Å². The smallest absolute Gasteiger partial charge is 0.227 e. The second kappa shape index (κ2) is 39.4. The molecule has 0 saturated carbocycles. The minimum Gasteiger partial charge on any atom is -0.504 e. The van der Waals surface area contributed by atoms with Crippen molar-refractivity contribution in [2.45, 2.75) is 149 Å². The highest BCUT2D eigenvalue weighted by Gasteiger charge is 2.50. The Morgan fingerprint density at radius 3 is 1.44 bits per heavy atom. The third-order valence-corrected chi connectivity index (χ3v) is 13.6. The van der Waals surface area contributed by atoms with Gasteiger partial charge in [-0.15, -0.1) is 39.2 Å². The summed E-state index contributed by atoms with van der Waals surface area (Å²) in [5.74, 6) is 46.3. The first-order valence-corrected chi connectivity index (χ1v) is 34.3. The number of benzene rings is 4. The molecule has 4 aliphatic heterocycles. The summed E-state index contributed by atoms with van der Waals surface area (Å²) in [6, 6.07) is 23.5. The molecule has 0 radical (unpaired) electrons. The number of hydrogen-bond donors (Lipinski definition) is 3. The predicted molar refractivity (Wildman–Crippen MR) is 365 cm³/mol. The molecule has 4 fully saturated rings. The Balaban J connectivity index is 0.000000313. The van der Waals surface area contributed by atoms with Crippen molar-refractivity contribution in [3.8, 4) is 130 Å². The third kappa shape index (κ3) is 25.3. The largest absolute Gasteiger partial charge is 0.504 e. The summed E-state index contributed by atoms with van der Waals surface area (Å²) in [6.45, 7) is 18.0. The molecule has 7 atom stereocenters. The number of likely N-dealkylation sites (tertiary alicyclic amines) is 1. The SMILES string of the molecule is CC#CC#CC#CC#CC#CC#CC#CC#CC#CC.CC(C)Oc1cc(C=O)ccc1O.CC(C)Oc1cc(CN2CC[C@]3(CCC(=O)N3c3cccc(F)c3)C[C@@H]2C)ccc1O.C[C@H]1C[C@]2(CCN1)CCC(=O)N2c1cccc(F)c1.Cl.PP(P)P. The lowest BCUT2D eigenvalue weighted by atomic mass is 9.81. The molecule has 458 valence electrons. The minimum atomic E-state index is -0.315. The number of amides is 2. The third-order valence-electron chi connectivity index (χ3n) is 13.6. The molecule has 2 spiro atoms. The molecular weight excluding hydrogens is 1210 g/mol. The lowest BCUT2D eigenvalue weighted by Crippen LogP contribution is -2.56. The van der Waals surface area contributed by atoms with Crippen molar-refractivity contribution in [3.05, 3.63) is 108 Å². The number of carbonyl (C=O) groups excluding carboxylic acids is 3. The van der Waals surface area contributed by atoms with E-state index in [9.17, 15) is 33.4 Å². The van der Waals surface area contributed by atoms with E-state index in [1.807, 2.05) is 61.8 Å². The fourth-order valence-electron chi connectivity index (χ4n) is 10.2. The van der Waals surface area contributed by atoms with Crippen LogP contribution in [0.4, 0.5) is 20.2 Å². The highest BCUT2D eigenvalue weighted by Crippen LogP contribution is 2.60. The number of aldehydes is 1. The molecule has 3 unspecified atom stereocenters. The first-order chi connectivity index (χ1) is 41.7. The highest BCUT2D eigenvalue weighted by atomic mass is 35.5. The van der Waals surface area contributed by atoms with Gasteiger partial charge in [0.2, 0.25) is 11.8 Å². The number of rotatable bonds is 9. The summed E-state index contributed by atoms with van der Waals surface area (Å²) in [7, 11) is 7.94. The zero-order valence-electron chi connectivity index (χ0n) is 50.9. The monoisotopic (exact) mass is 1280 g/mol. The van der Waals surface area contributed by atoms with E-state index in [2.05, 4.69) is 157 Å². The Labute approximate surface area is 534 Å². The van der Waals surface area contributed by atoms with Gasteiger partial charge < -0.3 is 34.8 Å². The van der Waals surface area contributed by atoms with Crippen molar-refractivity contribution in [2.24, 2.45) is 0 Å². The molecule has 4 saturated heterocycles. The van der Waals surface area contributed by atoms with Gasteiger partial charge in [0.05, 0.1) is 23.3 Å². The number of anilines is 2. The zero-order chi connectivity index (χ0) is 63.8. The van der Waals surface area contributed by atoms with Crippen LogP contribution in [-0.2, 0) is 16.1 Å². The van der Waals surface area contributed by atoms with E-state index in [4.69, 9.17) is 9.47 Å². The first kappa shape index (κ1) is 74.8. The Morgan fingerprint density at radius 2 is 1.05 bits per heavy atom. The second-order valence-corrected chi connectivity index (χ2v) is 32.5. The van der Waals surface area contributed by atoms with Gasteiger partial charge in [-0.1, -0.05) is 30.0 Å². The van der Waals surface area contributed by atoms with Gasteiger partial charge >= 0.3 is 0 Å². The van der Waals surface area contributed by atoms with Gasteiger partial charge in [0.1, 0.15) is 17.9 Å². The van der Waals surface area contributed by atoms with Crippen molar-refractivity contribution in [2.75, 3.05) is 22.9 Å². The molecule has 18 heteroatoms. The topological polar surface area (TPSA) is 132 Å². The number of phenols is 2. The molecule has 8 rings (SSSR count). The molecule has 2 amide bonds. The van der Waals surface area contributed by atoms with E-state index in [1.54, 1.807) is 32.0 Å². The molecule has 11 nitrogen and oxygen atoms in total. The molecule has 4 aromatic carbocycles. The summed E-state index contributed by atoms with van der Waals surface area (Å²) in [6.07, 6.45) is 7.05. The van der Waals surface area contributed by atoms with Crippen molar-refractivity contribution in [3.63, 3.8) is 0 Å². The van der Waals surface area contributed by atoms with Crippen LogP contribution < -0.4 is 24.6 Å². The number of ether oxygens (including phenoxy) is 2. The van der Waals surface area contributed by atoms with Crippen LogP contribution in [0.1, 0.15) is 123 Å². The molecule has 4 aromatic rings. The first-order valence-electron chi connectivity index (χ1n) is 28.1. The summed E-state index contributed by atoms with van der Waals surface area (Å²) in [5, 5.41) is 22.8. The van der Waals surface area contributed by atoms with Crippen LogP contribution in [0, 0.1) is 118 Å². The van der Waals surface area contributed by atoms with E-state index >= 15 is 0 Å². The van der Waals surface area contributed by atoms with Crippen LogP contribution in [0.5, 0.6) is 23.0 Å². The molecule has 3 N–H and O–H groups in total. The number of phenolic OH excluding ortho intramolecular Hbond substituents is 2. The lowest BCUT2D eigenvalue weighted by molar-refractivity contribution is -0.118. The van der Waals surface area contributed by atoms with Crippen LogP contribution in [-0.4, -0.2) is 81.7 Å². The van der Waals surface area contributed by atoms with Crippen molar-refractivity contribution in [1.82, 2.24) is 10.2 Å². The van der Waals surface area contributed by atoms with Gasteiger partial charge in [-0.05, 0) is 274 Å². The number of halogens is 3. The van der Waals surface area contributed by atoms with Crippen LogP contribution >= 0.6 is 46.2 Å². The minimum absolute atomic E-state index is 0. The van der Waals surface area contributed by atoms with Crippen LogP contribution in [0.15, 0.2) is 84.9 Å². The van der Waals surface area contributed by atoms with E-state index in [-0.39, 0.29) is 83.7 Å². The summed E-state index contributed by atoms with van der Waals surface area (Å²) >= 11 is 0. The maximum absolute atomic E-state index is 13.9. The number of nitrogens with zero attached hydrogens (tertiary/aromatic N) is 3. The molecule has 0 aliphatic carbocycles. The van der Waals surface area contributed by atoms with Crippen molar-refractivity contribution >= 4 is 75.7 Å². The van der Waals surface area contributed by atoms with Crippen LogP contribution in [0.3, 0.4) is 0 Å². The standard InChI is InChI=1S/C25H31FN2O3.C20H6.C15H19FN2O.C10H12O3.ClH.H6P4/c1-17(2)31-23-13-19(7-8-22(23)29)16-27-12-11-25(15-18(27)3)10-9-24(30)28(25)21-6-4-5-20(26)14-21;1-3-5-7-9-11-13-15-17-19-20-18-16-14-12-10-8-6-4-2;1-11-10-15(7-8-17-11)6-5-14(19)18(15)13-4-2-3-12(16)9-13;1-7(2)13-10-5-8(6-11)3-4-9(10)12;;1-4(2)3/h4-8,13-14,17-18,29H,9-12,15-16H2,1-3H3;1-2H3;2-4,9,11,17H,5-8,10H2,1H3;3-7,12H,1-2H3;1H;1-3H2/t18-,25+;;11-,15+;;;/m0.0.../s1. The second-order valence-electron chi connectivity index (χ2n) is 20.9. The summed E-state index contributed by atoms with van der Waals surface area (Å²) in [4.78, 5) is 41.5. The lowest BCUT2D eigenvalue weighted by Gasteiger charge is -2.48. The van der Waals surface area contributed by atoms with Crippen molar-refractivity contribution < 1.29 is 42.9 Å². The van der Waals surface area contributed by atoms with Crippen LogP contribution in [0.25, 0.3) is 0 Å². The number of hydrogen-bond acceptors (Lipinski definition) is 9. The maximum Gasteiger partial charge on any atom is 0.227 e. The van der Waals surface area contributed by atoms with E-state index in [1.165, 1.54) is 42.5 Å². The number of nitrogens with one attached hydrogen (secondary N) is 1. The molecule has 0 aromatic heterocycles. The molecular formula is C70H75ClF2N4O7P4. The Hall–Kier alpha value is -7.48. The van der Waals surface area contributed by atoms with Gasteiger partial charge in [0.15, 0.2) is 23.0 Å². The van der Waals surface area contributed by atoms with E-state index in [0.29, 0.717) is 53.6 Å². The molecule has 4 aliphatic rings. The van der Waals surface area contributed by atoms with Gasteiger partial charge in [-0.3, -0.25) is 19.3 Å². The van der Waals surface area contributed by atoms with Gasteiger partial charge in [0.25, 0.3) is 0 Å². The van der Waals surface area contributed by atoms with E-state index < -0.39 is 0 Å². The zero-order valence-corrected chi connectivity index (χ0v) is 56.0. The normalized spacial score (nSPS) is 18.1. The Bertz CT molecular complexity index is 3590. The fourth-order valence-corrected chi connectivity index (χ4v) is 10.2. The van der Waals surface area contributed by atoms with Crippen molar-refractivity contribution in [1.29, 1.82) is 0 Å². The number of piperidine rings is 2. The van der Waals surface area contributed by atoms with Gasteiger partial charge in [-0.25, -0.2) is 8.78 Å². The molecule has 0 bridgehead atoms. The average Bonchev–Trinajstić information content (AvgIpc) is 1.73. The highest BCUT2D eigenvalue weighted by molar-refractivity contribution is 8.65. The predicted octanol–water partition coefficient (Wildman–Crippen LogP) is 12.6. The van der Waals surface area contributed by atoms with Gasteiger partial charge in [-0.2, -0.15) is 0 Å². The quantitative estimate of drug-likeness (QED) is 0.0851. The van der Waals surface area contributed by atoms with E-state index in [0.717, 1.165) is 63.7 Å². The summed E-state index contributed by atoms with van der Waals surface area (Å²) in [5.41, 5.74) is 2.58. The maximum atomic E-state index is 13.9. The number of carbonyl (C=O) groups is 3. The molecule has 4 heterocycles. The average molecular weight is 1280 g/mol. The fraction of sp³-hybridized carbons (Fsp3) is 0.357. The van der Waals surface area contributed by atoms with Crippen LogP contribution in [0.2, 0.25) is 0 Å². The molecule has 88 heavy (non-hydrogen) atoms. The number of aromatic hydroxyl groups is 2. The Kier molecular flexibility index (Phi) is 33.5. The Morgan fingerprint density at radius 1 is 0.625 bits per heavy atom.